The maximum Gasteiger partial charge on any atom is 0.254 e. The average Bonchev–Trinajstić information content (AvgIpc) is 3.29. The number of amides is 2. The average molecular weight is 336 g/mol. The molecule has 5 nitrogen and oxygen atoms in total. The van der Waals surface area contributed by atoms with Crippen molar-refractivity contribution in [3.8, 4) is 0 Å². The van der Waals surface area contributed by atoms with E-state index in [-0.39, 0.29) is 17.9 Å². The lowest BCUT2D eigenvalue weighted by Gasteiger charge is -2.38. The minimum atomic E-state index is -0.674. The molecule has 0 aromatic carbocycles. The summed E-state index contributed by atoms with van der Waals surface area (Å²) < 4.78 is 5.56. The largest absolute Gasteiger partial charge is 0.368 e. The predicted octanol–water partition coefficient (Wildman–Crippen LogP) is 2.28. The molecular weight excluding hydrogens is 312 g/mol. The van der Waals surface area contributed by atoms with Crippen molar-refractivity contribution in [1.82, 2.24) is 10.2 Å². The highest BCUT2D eigenvalue weighted by Crippen LogP contribution is 2.42. The summed E-state index contributed by atoms with van der Waals surface area (Å²) in [4.78, 5) is 26.7. The number of carbonyl (C=O) groups excluding carboxylic acids is 2. The second-order valence-electron chi connectivity index (χ2n) is 6.64. The number of carbonyl (C=O) groups is 2. The van der Waals surface area contributed by atoms with E-state index in [1.54, 1.807) is 7.11 Å². The molecule has 3 rings (SSSR count). The summed E-state index contributed by atoms with van der Waals surface area (Å²) in [7, 11) is 1.63. The lowest BCUT2D eigenvalue weighted by molar-refractivity contribution is -0.156. The monoisotopic (exact) mass is 336 g/mol. The third kappa shape index (κ3) is 3.43. The third-order valence-corrected chi connectivity index (χ3v) is 5.79. The van der Waals surface area contributed by atoms with E-state index in [1.165, 1.54) is 11.3 Å². The van der Waals surface area contributed by atoms with Crippen LogP contribution in [0.2, 0.25) is 0 Å². The summed E-state index contributed by atoms with van der Waals surface area (Å²) in [5.41, 5.74) is 0.0430. The SMILES string of the molecule is COC(C)(C(=O)N1CCC(NC(=O)c2ccsc2)CC1)C1CC1. The van der Waals surface area contributed by atoms with Crippen LogP contribution in [0.15, 0.2) is 16.8 Å². The number of thiophene rings is 1. The van der Waals surface area contributed by atoms with Crippen LogP contribution in [0.1, 0.15) is 43.0 Å². The van der Waals surface area contributed by atoms with E-state index in [0.717, 1.165) is 25.7 Å². The topological polar surface area (TPSA) is 58.6 Å². The van der Waals surface area contributed by atoms with Gasteiger partial charge in [-0.2, -0.15) is 11.3 Å². The maximum absolute atomic E-state index is 12.8. The minimum absolute atomic E-state index is 0.0178. The van der Waals surface area contributed by atoms with E-state index in [9.17, 15) is 9.59 Å². The van der Waals surface area contributed by atoms with Crippen molar-refractivity contribution >= 4 is 23.2 Å². The van der Waals surface area contributed by atoms with Crippen molar-refractivity contribution < 1.29 is 14.3 Å². The molecule has 1 saturated heterocycles. The predicted molar refractivity (Wildman–Crippen MR) is 89.5 cm³/mol. The van der Waals surface area contributed by atoms with E-state index in [1.807, 2.05) is 28.7 Å². The van der Waals surface area contributed by atoms with Crippen LogP contribution in [0, 0.1) is 5.92 Å². The summed E-state index contributed by atoms with van der Waals surface area (Å²) >= 11 is 1.52. The number of nitrogens with zero attached hydrogens (tertiary/aromatic N) is 1. The van der Waals surface area contributed by atoms with Gasteiger partial charge in [-0.1, -0.05) is 0 Å². The zero-order valence-corrected chi connectivity index (χ0v) is 14.5. The van der Waals surface area contributed by atoms with Crippen LogP contribution in [0.3, 0.4) is 0 Å². The molecule has 6 heteroatoms. The second kappa shape index (κ2) is 6.61. The first-order valence-electron chi connectivity index (χ1n) is 8.22. The van der Waals surface area contributed by atoms with Crippen molar-refractivity contribution in [3.05, 3.63) is 22.4 Å². The van der Waals surface area contributed by atoms with Crippen LogP contribution in [-0.4, -0.2) is 48.6 Å². The van der Waals surface area contributed by atoms with Crippen molar-refractivity contribution in [2.24, 2.45) is 5.92 Å². The van der Waals surface area contributed by atoms with Crippen LogP contribution in [0.25, 0.3) is 0 Å². The molecule has 2 aliphatic rings. The highest BCUT2D eigenvalue weighted by atomic mass is 32.1. The molecule has 1 N–H and O–H groups in total. The van der Waals surface area contributed by atoms with Crippen molar-refractivity contribution in [3.63, 3.8) is 0 Å². The highest BCUT2D eigenvalue weighted by molar-refractivity contribution is 7.08. The van der Waals surface area contributed by atoms with Crippen molar-refractivity contribution in [2.45, 2.75) is 44.2 Å². The Morgan fingerprint density at radius 2 is 2.00 bits per heavy atom. The molecule has 1 saturated carbocycles. The first-order valence-corrected chi connectivity index (χ1v) is 9.16. The van der Waals surface area contributed by atoms with Crippen molar-refractivity contribution in [1.29, 1.82) is 0 Å². The highest BCUT2D eigenvalue weighted by Gasteiger charge is 2.49. The number of methoxy groups -OCH3 is 1. The molecule has 1 atom stereocenters. The van der Waals surface area contributed by atoms with Gasteiger partial charge in [0.25, 0.3) is 11.8 Å². The van der Waals surface area contributed by atoms with Gasteiger partial charge in [0.05, 0.1) is 0 Å². The van der Waals surface area contributed by atoms with Crippen molar-refractivity contribution in [2.75, 3.05) is 20.2 Å². The Bertz CT molecular complexity index is 562. The Kier molecular flexibility index (Phi) is 4.73. The zero-order valence-electron chi connectivity index (χ0n) is 13.7. The minimum Gasteiger partial charge on any atom is -0.368 e. The van der Waals surface area contributed by atoms with Gasteiger partial charge >= 0.3 is 0 Å². The molecular formula is C17H24N2O3S. The van der Waals surface area contributed by atoms with E-state index in [4.69, 9.17) is 4.74 Å². The summed E-state index contributed by atoms with van der Waals surface area (Å²) in [6.07, 6.45) is 3.74. The molecule has 126 valence electrons. The van der Waals surface area contributed by atoms with Gasteiger partial charge in [0.1, 0.15) is 5.60 Å². The smallest absolute Gasteiger partial charge is 0.254 e. The molecule has 0 radical (unpaired) electrons. The van der Waals surface area contributed by atoms with Crippen LogP contribution >= 0.6 is 11.3 Å². The van der Waals surface area contributed by atoms with Gasteiger partial charge < -0.3 is 15.0 Å². The number of likely N-dealkylation sites (tertiary alicyclic amines) is 1. The molecule has 1 aromatic rings. The fraction of sp³-hybridized carbons (Fsp3) is 0.647. The molecule has 1 unspecified atom stereocenters. The number of rotatable bonds is 5. The molecule has 2 amide bonds. The second-order valence-corrected chi connectivity index (χ2v) is 7.42. The molecule has 1 aromatic heterocycles. The zero-order chi connectivity index (χ0) is 16.4. The Morgan fingerprint density at radius 3 is 2.52 bits per heavy atom. The third-order valence-electron chi connectivity index (χ3n) is 5.11. The van der Waals surface area contributed by atoms with Gasteiger partial charge in [-0.05, 0) is 50.0 Å². The van der Waals surface area contributed by atoms with Gasteiger partial charge in [0.2, 0.25) is 0 Å². The van der Waals surface area contributed by atoms with E-state index < -0.39 is 5.60 Å². The molecule has 2 heterocycles. The lowest BCUT2D eigenvalue weighted by atomic mass is 9.95. The summed E-state index contributed by atoms with van der Waals surface area (Å²) in [6, 6.07) is 1.97. The lowest BCUT2D eigenvalue weighted by Crippen LogP contribution is -2.54. The number of hydrogen-bond acceptors (Lipinski definition) is 4. The van der Waals surface area contributed by atoms with Gasteiger partial charge in [-0.3, -0.25) is 9.59 Å². The first-order chi connectivity index (χ1) is 11.0. The van der Waals surface area contributed by atoms with E-state index in [0.29, 0.717) is 24.6 Å². The van der Waals surface area contributed by atoms with Crippen LogP contribution in [-0.2, 0) is 9.53 Å². The first kappa shape index (κ1) is 16.5. The normalized spacial score (nSPS) is 21.7. The fourth-order valence-electron chi connectivity index (χ4n) is 3.27. The summed E-state index contributed by atoms with van der Waals surface area (Å²) in [5.74, 6) is 0.442. The summed E-state index contributed by atoms with van der Waals surface area (Å²) in [6.45, 7) is 3.27. The number of piperidine rings is 1. The van der Waals surface area contributed by atoms with Gasteiger partial charge in [-0.25, -0.2) is 0 Å². The Morgan fingerprint density at radius 1 is 1.30 bits per heavy atom. The van der Waals surface area contributed by atoms with Crippen LogP contribution in [0.4, 0.5) is 0 Å². The number of ether oxygens (including phenoxy) is 1. The van der Waals surface area contributed by atoms with Gasteiger partial charge in [0.15, 0.2) is 0 Å². The van der Waals surface area contributed by atoms with E-state index in [2.05, 4.69) is 5.32 Å². The van der Waals surface area contributed by atoms with E-state index >= 15 is 0 Å². The molecule has 23 heavy (non-hydrogen) atoms. The molecule has 0 bridgehead atoms. The van der Waals surface area contributed by atoms with Gasteiger partial charge in [-0.15, -0.1) is 0 Å². The molecule has 0 spiro atoms. The molecule has 1 aliphatic heterocycles. The Hall–Kier alpha value is -1.40. The van der Waals surface area contributed by atoms with Crippen LogP contribution < -0.4 is 5.32 Å². The Labute approximate surface area is 141 Å². The molecule has 1 aliphatic carbocycles. The Balaban J connectivity index is 1.52. The van der Waals surface area contributed by atoms with Gasteiger partial charge in [0, 0.05) is 37.2 Å². The molecule has 2 fully saturated rings. The maximum atomic E-state index is 12.8. The fourth-order valence-corrected chi connectivity index (χ4v) is 3.90. The standard InChI is InChI=1S/C17H24N2O3S/c1-17(22-2,13-3-4-13)16(21)19-8-5-14(6-9-19)18-15(20)12-7-10-23-11-12/h7,10-11,13-14H,3-6,8-9H2,1-2H3,(H,18,20). The summed E-state index contributed by atoms with van der Waals surface area (Å²) in [5, 5.41) is 6.82. The number of hydrogen-bond donors (Lipinski definition) is 1. The number of nitrogens with one attached hydrogen (secondary N) is 1. The quantitative estimate of drug-likeness (QED) is 0.897. The van der Waals surface area contributed by atoms with Crippen LogP contribution in [0.5, 0.6) is 0 Å².